The van der Waals surface area contributed by atoms with E-state index < -0.39 is 18.1 Å². The Balaban J connectivity index is 3.00. The quantitative estimate of drug-likeness (QED) is 0.659. The molecule has 5 nitrogen and oxygen atoms in total. The van der Waals surface area contributed by atoms with Gasteiger partial charge in [-0.15, -0.1) is 0 Å². The lowest BCUT2D eigenvalue weighted by molar-refractivity contribution is -0.0494. The zero-order valence-electron chi connectivity index (χ0n) is 8.69. The van der Waals surface area contributed by atoms with Crippen LogP contribution in [0.1, 0.15) is 0 Å². The molecule has 0 spiro atoms. The van der Waals surface area contributed by atoms with Crippen LogP contribution in [0.15, 0.2) is 23.3 Å². The number of nitriles is 2. The third kappa shape index (κ3) is 3.68. The van der Waals surface area contributed by atoms with Gasteiger partial charge in [-0.25, -0.2) is 4.39 Å². The van der Waals surface area contributed by atoms with Crippen molar-refractivity contribution >= 4 is 11.4 Å². The Labute approximate surface area is 99.7 Å². The molecule has 0 fully saturated rings. The van der Waals surface area contributed by atoms with E-state index in [9.17, 15) is 13.2 Å². The molecule has 8 heteroatoms. The maximum atomic E-state index is 12.9. The van der Waals surface area contributed by atoms with Crippen molar-refractivity contribution < 1.29 is 17.9 Å². The molecule has 1 rings (SSSR count). The van der Waals surface area contributed by atoms with Crippen LogP contribution in [0.2, 0.25) is 0 Å². The molecule has 0 aromatic heterocycles. The second-order valence-corrected chi connectivity index (χ2v) is 2.81. The van der Waals surface area contributed by atoms with Gasteiger partial charge in [0, 0.05) is 6.07 Å². The fourth-order valence-electron chi connectivity index (χ4n) is 0.979. The van der Waals surface area contributed by atoms with Crippen molar-refractivity contribution in [2.45, 2.75) is 6.61 Å². The molecule has 1 aromatic carbocycles. The third-order valence-electron chi connectivity index (χ3n) is 1.66. The predicted molar refractivity (Wildman–Crippen MR) is 55.3 cm³/mol. The van der Waals surface area contributed by atoms with Gasteiger partial charge in [0.05, 0.1) is 0 Å². The Kier molecular flexibility index (Phi) is 4.52. The van der Waals surface area contributed by atoms with Crippen LogP contribution in [0.3, 0.4) is 0 Å². The minimum absolute atomic E-state index is 0.224. The van der Waals surface area contributed by atoms with E-state index in [2.05, 4.69) is 15.3 Å². The first-order valence-electron chi connectivity index (χ1n) is 4.45. The Morgan fingerprint density at radius 3 is 2.56 bits per heavy atom. The predicted octanol–water partition coefficient (Wildman–Crippen LogP) is 2.24. The number of anilines is 1. The maximum absolute atomic E-state index is 12.9. The van der Waals surface area contributed by atoms with Crippen LogP contribution in [0.5, 0.6) is 5.75 Å². The summed E-state index contributed by atoms with van der Waals surface area (Å²) < 4.78 is 41.1. The maximum Gasteiger partial charge on any atom is 0.387 e. The van der Waals surface area contributed by atoms with E-state index in [-0.39, 0.29) is 11.4 Å². The van der Waals surface area contributed by atoms with E-state index in [1.165, 1.54) is 12.1 Å². The monoisotopic (exact) mass is 254 g/mol. The van der Waals surface area contributed by atoms with Crippen LogP contribution >= 0.6 is 0 Å². The van der Waals surface area contributed by atoms with Gasteiger partial charge in [0.15, 0.2) is 5.75 Å². The van der Waals surface area contributed by atoms with Crippen LogP contribution in [-0.4, -0.2) is 12.3 Å². The summed E-state index contributed by atoms with van der Waals surface area (Å²) in [5.41, 5.74) is 1.34. The summed E-state index contributed by atoms with van der Waals surface area (Å²) in [6.45, 7) is -3.09. The number of rotatable bonds is 4. The first-order valence-corrected chi connectivity index (χ1v) is 4.45. The lowest BCUT2D eigenvalue weighted by atomic mass is 10.3. The largest absolute Gasteiger partial charge is 0.433 e. The molecule has 92 valence electrons. The van der Waals surface area contributed by atoms with Crippen molar-refractivity contribution in [3.8, 4) is 17.9 Å². The highest BCUT2D eigenvalue weighted by Crippen LogP contribution is 2.26. The number of nitrogens with zero attached hydrogens (tertiary/aromatic N) is 3. The molecule has 0 saturated carbocycles. The second-order valence-electron chi connectivity index (χ2n) is 2.81. The van der Waals surface area contributed by atoms with Gasteiger partial charge >= 0.3 is 6.61 Å². The normalized spacial score (nSPS) is 9.22. The first kappa shape index (κ1) is 13.3. The van der Waals surface area contributed by atoms with Gasteiger partial charge in [-0.1, -0.05) is 0 Å². The first-order chi connectivity index (χ1) is 8.56. The Bertz CT molecular complexity index is 529. The standard InChI is InChI=1S/C10H5F3N4O/c11-6-1-2-9(18-10(12)13)8(3-6)17-16-7(4-14)5-15/h1-3,10,17H. The van der Waals surface area contributed by atoms with Gasteiger partial charge in [0.1, 0.15) is 23.6 Å². The van der Waals surface area contributed by atoms with E-state index >= 15 is 0 Å². The smallest absolute Gasteiger partial charge is 0.387 e. The van der Waals surface area contributed by atoms with Gasteiger partial charge in [-0.2, -0.15) is 24.4 Å². The fraction of sp³-hybridized carbons (Fsp3) is 0.100. The van der Waals surface area contributed by atoms with Gasteiger partial charge in [0.2, 0.25) is 5.71 Å². The topological polar surface area (TPSA) is 81.2 Å². The number of hydrogen-bond donors (Lipinski definition) is 1. The summed E-state index contributed by atoms with van der Waals surface area (Å²) in [6.07, 6.45) is 0. The van der Waals surface area contributed by atoms with Crippen LogP contribution in [0.4, 0.5) is 18.9 Å². The van der Waals surface area contributed by atoms with Crippen molar-refractivity contribution in [2.24, 2.45) is 5.10 Å². The lowest BCUT2D eigenvalue weighted by Crippen LogP contribution is -2.05. The van der Waals surface area contributed by atoms with Crippen molar-refractivity contribution in [1.29, 1.82) is 10.5 Å². The number of hydrogen-bond acceptors (Lipinski definition) is 5. The highest BCUT2D eigenvalue weighted by molar-refractivity contribution is 6.10. The van der Waals surface area contributed by atoms with Crippen LogP contribution in [0.25, 0.3) is 0 Å². The molecule has 0 amide bonds. The fourth-order valence-corrected chi connectivity index (χ4v) is 0.979. The number of hydrazone groups is 1. The summed E-state index contributed by atoms with van der Waals surface area (Å²) in [5, 5.41) is 20.1. The number of ether oxygens (including phenoxy) is 1. The average molecular weight is 254 g/mol. The number of alkyl halides is 2. The molecule has 0 aliphatic carbocycles. The molecular weight excluding hydrogens is 249 g/mol. The second kappa shape index (κ2) is 6.11. The van der Waals surface area contributed by atoms with Crippen LogP contribution < -0.4 is 10.2 Å². The van der Waals surface area contributed by atoms with E-state index in [0.29, 0.717) is 0 Å². The lowest BCUT2D eigenvalue weighted by Gasteiger charge is -2.09. The molecule has 0 radical (unpaired) electrons. The van der Waals surface area contributed by atoms with Gasteiger partial charge in [0.25, 0.3) is 0 Å². The SMILES string of the molecule is N#CC(C#N)=NNc1cc(F)ccc1OC(F)F. The minimum Gasteiger partial charge on any atom is -0.433 e. The zero-order chi connectivity index (χ0) is 13.5. The molecule has 0 aliphatic heterocycles. The van der Waals surface area contributed by atoms with E-state index in [1.54, 1.807) is 0 Å². The summed E-state index contributed by atoms with van der Waals surface area (Å²) in [4.78, 5) is 0. The van der Waals surface area contributed by atoms with Gasteiger partial charge < -0.3 is 4.74 Å². The summed E-state index contributed by atoms with van der Waals surface area (Å²) >= 11 is 0. The summed E-state index contributed by atoms with van der Waals surface area (Å²) in [7, 11) is 0. The van der Waals surface area contributed by atoms with E-state index in [0.717, 1.165) is 18.2 Å². The molecule has 0 atom stereocenters. The average Bonchev–Trinajstić information content (AvgIpc) is 2.33. The molecule has 0 bridgehead atoms. The van der Waals surface area contributed by atoms with Crippen LogP contribution in [0, 0.1) is 28.5 Å². The summed E-state index contributed by atoms with van der Waals surface area (Å²) in [6, 6.07) is 5.61. The number of nitrogens with one attached hydrogen (secondary N) is 1. The molecule has 1 aromatic rings. The molecule has 0 heterocycles. The molecular formula is C10H5F3N4O. The molecule has 1 N–H and O–H groups in total. The highest BCUT2D eigenvalue weighted by atomic mass is 19.3. The van der Waals surface area contributed by atoms with Gasteiger partial charge in [-0.05, 0) is 12.1 Å². The molecule has 0 unspecified atom stereocenters. The van der Waals surface area contributed by atoms with Crippen molar-refractivity contribution in [3.63, 3.8) is 0 Å². The van der Waals surface area contributed by atoms with Gasteiger partial charge in [-0.3, -0.25) is 5.43 Å². The van der Waals surface area contributed by atoms with Crippen molar-refractivity contribution in [2.75, 3.05) is 5.43 Å². The Hall–Kier alpha value is -2.74. The highest BCUT2D eigenvalue weighted by Gasteiger charge is 2.10. The Morgan fingerprint density at radius 1 is 1.33 bits per heavy atom. The molecule has 0 aliphatic rings. The molecule has 18 heavy (non-hydrogen) atoms. The Morgan fingerprint density at radius 2 is 2.00 bits per heavy atom. The zero-order valence-corrected chi connectivity index (χ0v) is 8.69. The minimum atomic E-state index is -3.09. The third-order valence-corrected chi connectivity index (χ3v) is 1.66. The molecule has 0 saturated heterocycles. The van der Waals surface area contributed by atoms with E-state index in [1.807, 2.05) is 0 Å². The number of benzene rings is 1. The van der Waals surface area contributed by atoms with Crippen LogP contribution in [-0.2, 0) is 0 Å². The summed E-state index contributed by atoms with van der Waals surface area (Å²) in [5.74, 6) is -1.07. The van der Waals surface area contributed by atoms with Crippen molar-refractivity contribution in [1.82, 2.24) is 0 Å². The number of halogens is 3. The van der Waals surface area contributed by atoms with E-state index in [4.69, 9.17) is 10.5 Å². The van der Waals surface area contributed by atoms with Crippen molar-refractivity contribution in [3.05, 3.63) is 24.0 Å².